The first-order valence-corrected chi connectivity index (χ1v) is 6.32. The predicted molar refractivity (Wildman–Crippen MR) is 72.3 cm³/mol. The van der Waals surface area contributed by atoms with E-state index in [0.29, 0.717) is 18.8 Å². The number of hydrogen-bond acceptors (Lipinski definition) is 5. The van der Waals surface area contributed by atoms with Crippen molar-refractivity contribution in [1.82, 2.24) is 0 Å². The Balaban J connectivity index is 2.37. The first-order chi connectivity index (χ1) is 9.54. The number of anilines is 1. The Hall–Kier alpha value is -2.15. The second-order valence-corrected chi connectivity index (χ2v) is 4.68. The van der Waals surface area contributed by atoms with Crippen molar-refractivity contribution < 1.29 is 19.6 Å². The molecule has 0 radical (unpaired) electrons. The lowest BCUT2D eigenvalue weighted by Crippen LogP contribution is -2.30. The second-order valence-electron chi connectivity index (χ2n) is 4.68. The molecule has 0 spiro atoms. The number of aromatic carboxylic acids is 1. The first-order valence-electron chi connectivity index (χ1n) is 6.32. The van der Waals surface area contributed by atoms with E-state index in [-0.39, 0.29) is 17.3 Å². The molecule has 20 heavy (non-hydrogen) atoms. The van der Waals surface area contributed by atoms with E-state index in [2.05, 4.69) is 0 Å². The Morgan fingerprint density at radius 3 is 2.75 bits per heavy atom. The summed E-state index contributed by atoms with van der Waals surface area (Å²) in [4.78, 5) is 23.5. The summed E-state index contributed by atoms with van der Waals surface area (Å²) < 4.78 is 5.03. The third kappa shape index (κ3) is 3.05. The van der Waals surface area contributed by atoms with Crippen LogP contribution in [0.15, 0.2) is 18.2 Å². The number of methoxy groups -OCH3 is 1. The number of nitrogens with zero attached hydrogens (tertiary/aromatic N) is 2. The number of hydrogen-bond donors (Lipinski definition) is 1. The number of carboxylic acid groups (broad SMARTS) is 1. The zero-order chi connectivity index (χ0) is 14.7. The molecule has 1 fully saturated rings. The Bertz CT molecular complexity index is 527. The molecule has 1 aliphatic rings. The fourth-order valence-corrected chi connectivity index (χ4v) is 2.12. The molecule has 2 rings (SSSR count). The molecule has 7 nitrogen and oxygen atoms in total. The smallest absolute Gasteiger partial charge is 0.335 e. The van der Waals surface area contributed by atoms with Crippen LogP contribution >= 0.6 is 0 Å². The van der Waals surface area contributed by atoms with Gasteiger partial charge in [-0.25, -0.2) is 4.79 Å². The van der Waals surface area contributed by atoms with Crippen molar-refractivity contribution in [2.45, 2.75) is 18.9 Å². The molecule has 0 aromatic heterocycles. The molecule has 7 heteroatoms. The number of carboxylic acids is 1. The molecule has 1 aromatic carbocycles. The molecule has 0 atom stereocenters. The largest absolute Gasteiger partial charge is 0.478 e. The van der Waals surface area contributed by atoms with Gasteiger partial charge in [0, 0.05) is 25.8 Å². The van der Waals surface area contributed by atoms with Crippen molar-refractivity contribution in [2.75, 3.05) is 25.2 Å². The van der Waals surface area contributed by atoms with Crippen LogP contribution in [-0.4, -0.2) is 42.3 Å². The Morgan fingerprint density at radius 1 is 1.55 bits per heavy atom. The van der Waals surface area contributed by atoms with Gasteiger partial charge in [0.15, 0.2) is 0 Å². The van der Waals surface area contributed by atoms with Crippen molar-refractivity contribution >= 4 is 17.3 Å². The summed E-state index contributed by atoms with van der Waals surface area (Å²) in [6.07, 6.45) is 1.98. The number of rotatable bonds is 7. The molecule has 0 heterocycles. The predicted octanol–water partition coefficient (Wildman–Crippen LogP) is 1.91. The van der Waals surface area contributed by atoms with E-state index in [4.69, 9.17) is 9.84 Å². The number of benzene rings is 1. The summed E-state index contributed by atoms with van der Waals surface area (Å²) in [5.41, 5.74) is 0.204. The van der Waals surface area contributed by atoms with Gasteiger partial charge in [-0.2, -0.15) is 0 Å². The van der Waals surface area contributed by atoms with Crippen LogP contribution in [0.2, 0.25) is 0 Å². The second kappa shape index (κ2) is 5.87. The highest BCUT2D eigenvalue weighted by atomic mass is 16.6. The highest BCUT2D eigenvalue weighted by Gasteiger charge is 2.33. The van der Waals surface area contributed by atoms with Crippen LogP contribution in [0.5, 0.6) is 0 Å². The molecular formula is C13H16N2O5. The summed E-state index contributed by atoms with van der Waals surface area (Å²) in [5, 5.41) is 20.1. The van der Waals surface area contributed by atoms with E-state index in [0.717, 1.165) is 18.9 Å². The number of nitro groups is 1. The van der Waals surface area contributed by atoms with Crippen LogP contribution in [0.3, 0.4) is 0 Å². The van der Waals surface area contributed by atoms with E-state index in [1.54, 1.807) is 7.11 Å². The topological polar surface area (TPSA) is 92.9 Å². The van der Waals surface area contributed by atoms with E-state index in [1.807, 2.05) is 4.90 Å². The van der Waals surface area contributed by atoms with Crippen LogP contribution in [0.25, 0.3) is 0 Å². The van der Waals surface area contributed by atoms with Gasteiger partial charge in [-0.05, 0) is 25.0 Å². The maximum absolute atomic E-state index is 11.2. The van der Waals surface area contributed by atoms with Gasteiger partial charge in [0.05, 0.1) is 17.1 Å². The minimum absolute atomic E-state index is 0.0806. The van der Waals surface area contributed by atoms with Gasteiger partial charge in [-0.1, -0.05) is 0 Å². The van der Waals surface area contributed by atoms with Crippen molar-refractivity contribution in [3.63, 3.8) is 0 Å². The standard InChI is InChI=1S/C13H16N2O5/c1-20-7-6-14(10-3-4-10)11-5-2-9(13(16)17)8-12(11)15(18)19/h2,5,8,10H,3-4,6-7H2,1H3,(H,16,17). The third-order valence-electron chi connectivity index (χ3n) is 3.25. The molecule has 1 saturated carbocycles. The number of nitro benzene ring substituents is 1. The molecular weight excluding hydrogens is 264 g/mol. The van der Waals surface area contributed by atoms with Gasteiger partial charge in [0.2, 0.25) is 0 Å². The van der Waals surface area contributed by atoms with Crippen molar-refractivity contribution in [1.29, 1.82) is 0 Å². The average molecular weight is 280 g/mol. The molecule has 0 unspecified atom stereocenters. The molecule has 108 valence electrons. The molecule has 0 aliphatic heterocycles. The average Bonchev–Trinajstić information content (AvgIpc) is 3.23. The zero-order valence-electron chi connectivity index (χ0n) is 11.1. The normalized spacial score (nSPS) is 14.1. The van der Waals surface area contributed by atoms with Crippen LogP contribution in [0.1, 0.15) is 23.2 Å². The van der Waals surface area contributed by atoms with Crippen LogP contribution < -0.4 is 4.90 Å². The van der Waals surface area contributed by atoms with Crippen LogP contribution in [0, 0.1) is 10.1 Å². The van der Waals surface area contributed by atoms with Gasteiger partial charge < -0.3 is 14.7 Å². The third-order valence-corrected chi connectivity index (χ3v) is 3.25. The monoisotopic (exact) mass is 280 g/mol. The molecule has 1 aromatic rings. The minimum Gasteiger partial charge on any atom is -0.478 e. The number of ether oxygens (including phenoxy) is 1. The summed E-state index contributed by atoms with van der Waals surface area (Å²) in [6, 6.07) is 4.29. The Kier molecular flexibility index (Phi) is 4.19. The summed E-state index contributed by atoms with van der Waals surface area (Å²) in [6.45, 7) is 1.02. The van der Waals surface area contributed by atoms with Gasteiger partial charge in [0.1, 0.15) is 5.69 Å². The van der Waals surface area contributed by atoms with Crippen molar-refractivity contribution in [2.24, 2.45) is 0 Å². The van der Waals surface area contributed by atoms with Crippen molar-refractivity contribution in [3.05, 3.63) is 33.9 Å². The van der Waals surface area contributed by atoms with E-state index >= 15 is 0 Å². The summed E-state index contributed by atoms with van der Waals surface area (Å²) in [5.74, 6) is -1.17. The summed E-state index contributed by atoms with van der Waals surface area (Å²) in [7, 11) is 1.58. The maximum Gasteiger partial charge on any atom is 0.335 e. The molecule has 1 aliphatic carbocycles. The Morgan fingerprint density at radius 2 is 2.25 bits per heavy atom. The van der Waals surface area contributed by atoms with E-state index < -0.39 is 10.9 Å². The fourth-order valence-electron chi connectivity index (χ4n) is 2.12. The Labute approximate surface area is 115 Å². The van der Waals surface area contributed by atoms with E-state index in [1.165, 1.54) is 12.1 Å². The van der Waals surface area contributed by atoms with Gasteiger partial charge in [-0.3, -0.25) is 10.1 Å². The molecule has 0 bridgehead atoms. The molecule has 1 N–H and O–H groups in total. The van der Waals surface area contributed by atoms with E-state index in [9.17, 15) is 14.9 Å². The zero-order valence-corrected chi connectivity index (χ0v) is 11.1. The first kappa shape index (κ1) is 14.3. The quantitative estimate of drug-likeness (QED) is 0.605. The summed E-state index contributed by atoms with van der Waals surface area (Å²) >= 11 is 0. The minimum atomic E-state index is -1.17. The maximum atomic E-state index is 11.2. The molecule has 0 amide bonds. The van der Waals surface area contributed by atoms with Gasteiger partial charge >= 0.3 is 5.97 Å². The van der Waals surface area contributed by atoms with Crippen molar-refractivity contribution in [3.8, 4) is 0 Å². The molecule has 0 saturated heterocycles. The lowest BCUT2D eigenvalue weighted by molar-refractivity contribution is -0.384. The highest BCUT2D eigenvalue weighted by Crippen LogP contribution is 2.37. The van der Waals surface area contributed by atoms with Gasteiger partial charge in [0.25, 0.3) is 5.69 Å². The van der Waals surface area contributed by atoms with Crippen LogP contribution in [0.4, 0.5) is 11.4 Å². The lowest BCUT2D eigenvalue weighted by Gasteiger charge is -2.24. The number of carbonyl (C=O) groups is 1. The highest BCUT2D eigenvalue weighted by molar-refractivity contribution is 5.90. The van der Waals surface area contributed by atoms with Crippen LogP contribution in [-0.2, 0) is 4.74 Å². The van der Waals surface area contributed by atoms with Gasteiger partial charge in [-0.15, -0.1) is 0 Å². The SMILES string of the molecule is COCCN(c1ccc(C(=O)O)cc1[N+](=O)[O-])C1CC1. The lowest BCUT2D eigenvalue weighted by atomic mass is 10.1. The fraction of sp³-hybridized carbons (Fsp3) is 0.462.